The number of alkyl halides is 1. The highest BCUT2D eigenvalue weighted by atomic mass is 127. The molecule has 0 unspecified atom stereocenters. The van der Waals surface area contributed by atoms with Crippen LogP contribution in [0.1, 0.15) is 32.6 Å². The van der Waals surface area contributed by atoms with Gasteiger partial charge < -0.3 is 0 Å². The number of halogens is 1. The summed E-state index contributed by atoms with van der Waals surface area (Å²) in [4.78, 5) is 22.8. The molecule has 2 nitrogen and oxygen atoms in total. The Bertz CT molecular complexity index is 195. The van der Waals surface area contributed by atoms with Crippen molar-refractivity contribution in [2.24, 2.45) is 5.41 Å². The van der Waals surface area contributed by atoms with Crippen molar-refractivity contribution >= 4 is 34.2 Å². The third kappa shape index (κ3) is 1.70. The normalized spacial score (nSPS) is 21.8. The largest absolute Gasteiger partial charge is 0.299 e. The lowest BCUT2D eigenvalue weighted by molar-refractivity contribution is -0.134. The molecule has 1 aliphatic carbocycles. The van der Waals surface area contributed by atoms with E-state index in [-0.39, 0.29) is 11.6 Å². The highest BCUT2D eigenvalue weighted by molar-refractivity contribution is 14.1. The number of hydrogen-bond acceptors (Lipinski definition) is 2. The third-order valence-corrected chi connectivity index (χ3v) is 3.38. The second kappa shape index (κ2) is 3.85. The molecule has 1 saturated carbocycles. The SMILES string of the molecule is CC1(CCCI)C(=O)CCC1=O. The van der Waals surface area contributed by atoms with Gasteiger partial charge in [0.1, 0.15) is 11.6 Å². The summed E-state index contributed by atoms with van der Waals surface area (Å²) in [6.45, 7) is 1.80. The summed E-state index contributed by atoms with van der Waals surface area (Å²) >= 11 is 2.27. The van der Waals surface area contributed by atoms with Crippen LogP contribution in [0.15, 0.2) is 0 Å². The fourth-order valence-corrected chi connectivity index (χ4v) is 2.01. The molecule has 0 saturated heterocycles. The summed E-state index contributed by atoms with van der Waals surface area (Å²) in [5.74, 6) is 0.301. The van der Waals surface area contributed by atoms with Crippen molar-refractivity contribution < 1.29 is 9.59 Å². The van der Waals surface area contributed by atoms with Crippen molar-refractivity contribution in [2.75, 3.05) is 4.43 Å². The molecule has 1 aliphatic rings. The quantitative estimate of drug-likeness (QED) is 0.451. The van der Waals surface area contributed by atoms with Gasteiger partial charge in [0.2, 0.25) is 0 Å². The van der Waals surface area contributed by atoms with Gasteiger partial charge in [-0.3, -0.25) is 9.59 Å². The average Bonchev–Trinajstić information content (AvgIpc) is 2.30. The van der Waals surface area contributed by atoms with Gasteiger partial charge in [0.25, 0.3) is 0 Å². The zero-order valence-corrected chi connectivity index (χ0v) is 9.39. The Morgan fingerprint density at radius 3 is 2.25 bits per heavy atom. The molecular formula is C9H13IO2. The summed E-state index contributed by atoms with van der Waals surface area (Å²) in [5.41, 5.74) is -0.620. The highest BCUT2D eigenvalue weighted by Gasteiger charge is 2.44. The Kier molecular flexibility index (Phi) is 3.26. The van der Waals surface area contributed by atoms with E-state index in [1.54, 1.807) is 6.92 Å². The number of rotatable bonds is 3. The Morgan fingerprint density at radius 1 is 1.33 bits per heavy atom. The second-order valence-electron chi connectivity index (χ2n) is 3.47. The van der Waals surface area contributed by atoms with Gasteiger partial charge in [-0.05, 0) is 24.2 Å². The van der Waals surface area contributed by atoms with Crippen LogP contribution in [0.2, 0.25) is 0 Å². The Hall–Kier alpha value is 0.0700. The molecular weight excluding hydrogens is 267 g/mol. The van der Waals surface area contributed by atoms with Crippen molar-refractivity contribution in [2.45, 2.75) is 32.6 Å². The second-order valence-corrected chi connectivity index (χ2v) is 4.55. The van der Waals surface area contributed by atoms with Crippen LogP contribution in [0, 0.1) is 5.41 Å². The van der Waals surface area contributed by atoms with Gasteiger partial charge in [0, 0.05) is 12.8 Å². The van der Waals surface area contributed by atoms with Crippen LogP contribution in [0.5, 0.6) is 0 Å². The molecule has 0 bridgehead atoms. The van der Waals surface area contributed by atoms with Gasteiger partial charge in [-0.2, -0.15) is 0 Å². The van der Waals surface area contributed by atoms with Crippen LogP contribution < -0.4 is 0 Å². The maximum absolute atomic E-state index is 11.4. The zero-order valence-electron chi connectivity index (χ0n) is 7.23. The Balaban J connectivity index is 2.66. The first-order valence-electron chi connectivity index (χ1n) is 4.24. The lowest BCUT2D eigenvalue weighted by Crippen LogP contribution is -2.29. The average molecular weight is 280 g/mol. The summed E-state index contributed by atoms with van der Waals surface area (Å²) in [6, 6.07) is 0. The van der Waals surface area contributed by atoms with E-state index in [0.717, 1.165) is 17.3 Å². The van der Waals surface area contributed by atoms with Gasteiger partial charge >= 0.3 is 0 Å². The highest BCUT2D eigenvalue weighted by Crippen LogP contribution is 2.35. The molecule has 68 valence electrons. The van der Waals surface area contributed by atoms with Crippen LogP contribution >= 0.6 is 22.6 Å². The molecule has 0 heterocycles. The summed E-state index contributed by atoms with van der Waals surface area (Å²) in [7, 11) is 0. The third-order valence-electron chi connectivity index (χ3n) is 2.62. The van der Waals surface area contributed by atoms with Crippen molar-refractivity contribution in [3.05, 3.63) is 0 Å². The number of carbonyl (C=O) groups excluding carboxylic acids is 2. The van der Waals surface area contributed by atoms with Gasteiger partial charge in [-0.1, -0.05) is 22.6 Å². The number of carbonyl (C=O) groups is 2. The van der Waals surface area contributed by atoms with Crippen LogP contribution in [0.25, 0.3) is 0 Å². The van der Waals surface area contributed by atoms with Crippen molar-refractivity contribution in [3.63, 3.8) is 0 Å². The van der Waals surface area contributed by atoms with Gasteiger partial charge in [0.05, 0.1) is 5.41 Å². The molecule has 0 radical (unpaired) electrons. The smallest absolute Gasteiger partial charge is 0.146 e. The molecule has 1 fully saturated rings. The van der Waals surface area contributed by atoms with Crippen molar-refractivity contribution in [1.29, 1.82) is 0 Å². The van der Waals surface area contributed by atoms with E-state index in [1.165, 1.54) is 0 Å². The molecule has 1 rings (SSSR count). The molecule has 0 N–H and O–H groups in total. The van der Waals surface area contributed by atoms with E-state index in [9.17, 15) is 9.59 Å². The van der Waals surface area contributed by atoms with E-state index >= 15 is 0 Å². The molecule has 0 aromatic carbocycles. The first-order chi connectivity index (χ1) is 5.61. The van der Waals surface area contributed by atoms with Crippen molar-refractivity contribution in [1.82, 2.24) is 0 Å². The minimum Gasteiger partial charge on any atom is -0.299 e. The van der Waals surface area contributed by atoms with E-state index in [0.29, 0.717) is 12.8 Å². The minimum atomic E-state index is -0.620. The number of Topliss-reactive ketones (excluding diaryl/α,β-unsaturated/α-hetero) is 2. The van der Waals surface area contributed by atoms with Crippen LogP contribution in [-0.4, -0.2) is 16.0 Å². The standard InChI is InChI=1S/C9H13IO2/c1-9(5-2-6-10)7(11)3-4-8(9)12/h2-6H2,1H3. The topological polar surface area (TPSA) is 34.1 Å². The molecule has 0 amide bonds. The fourth-order valence-electron chi connectivity index (χ4n) is 1.63. The first-order valence-corrected chi connectivity index (χ1v) is 5.76. The van der Waals surface area contributed by atoms with Crippen LogP contribution in [0.4, 0.5) is 0 Å². The zero-order chi connectivity index (χ0) is 9.19. The molecule has 0 aromatic rings. The Morgan fingerprint density at radius 2 is 1.83 bits per heavy atom. The van der Waals surface area contributed by atoms with E-state index in [4.69, 9.17) is 0 Å². The van der Waals surface area contributed by atoms with Gasteiger partial charge in [0.15, 0.2) is 0 Å². The molecule has 0 aromatic heterocycles. The molecule has 12 heavy (non-hydrogen) atoms. The molecule has 0 aliphatic heterocycles. The van der Waals surface area contributed by atoms with Crippen molar-refractivity contribution in [3.8, 4) is 0 Å². The van der Waals surface area contributed by atoms with E-state index in [2.05, 4.69) is 22.6 Å². The van der Waals surface area contributed by atoms with Crippen LogP contribution in [0.3, 0.4) is 0 Å². The van der Waals surface area contributed by atoms with Gasteiger partial charge in [-0.25, -0.2) is 0 Å². The Labute approximate surface area is 86.2 Å². The lowest BCUT2D eigenvalue weighted by atomic mass is 9.82. The molecule has 0 atom stereocenters. The summed E-state index contributed by atoms with van der Waals surface area (Å²) in [5, 5.41) is 0. The summed E-state index contributed by atoms with van der Waals surface area (Å²) < 4.78 is 1.02. The predicted octanol–water partition coefficient (Wildman–Crippen LogP) is 2.14. The maximum atomic E-state index is 11.4. The minimum absolute atomic E-state index is 0.150. The number of ketones is 2. The monoisotopic (exact) mass is 280 g/mol. The van der Waals surface area contributed by atoms with E-state index in [1.807, 2.05) is 0 Å². The fraction of sp³-hybridized carbons (Fsp3) is 0.778. The van der Waals surface area contributed by atoms with E-state index < -0.39 is 5.41 Å². The maximum Gasteiger partial charge on any atom is 0.146 e. The van der Waals surface area contributed by atoms with Gasteiger partial charge in [-0.15, -0.1) is 0 Å². The predicted molar refractivity (Wildman–Crippen MR) is 55.5 cm³/mol. The molecule has 3 heteroatoms. The first kappa shape index (κ1) is 10.2. The molecule has 0 spiro atoms. The summed E-state index contributed by atoms with van der Waals surface area (Å²) in [6.07, 6.45) is 2.65. The van der Waals surface area contributed by atoms with Crippen LogP contribution in [-0.2, 0) is 9.59 Å². The number of hydrogen-bond donors (Lipinski definition) is 0. The lowest BCUT2D eigenvalue weighted by Gasteiger charge is -2.18.